The molecule has 116 valence electrons. The summed E-state index contributed by atoms with van der Waals surface area (Å²) in [5.74, 6) is -0.234. The Balaban J connectivity index is 2.38. The van der Waals surface area contributed by atoms with Crippen LogP contribution in [0.4, 0.5) is 0 Å². The van der Waals surface area contributed by atoms with E-state index in [4.69, 9.17) is 10.7 Å². The minimum Gasteiger partial charge on any atom is -0.347 e. The van der Waals surface area contributed by atoms with Crippen molar-refractivity contribution in [2.45, 2.75) is 56.9 Å². The van der Waals surface area contributed by atoms with Gasteiger partial charge in [-0.3, -0.25) is 4.79 Å². The first-order valence-corrected chi connectivity index (χ1v) is 9.32. The molecule has 0 spiro atoms. The molecule has 2 rings (SSSR count). The van der Waals surface area contributed by atoms with Crippen molar-refractivity contribution in [3.63, 3.8) is 0 Å². The highest BCUT2D eigenvalue weighted by Gasteiger charge is 2.31. The SMILES string of the molecule is Cc1cc(S(=O)(=O)Cl)cc(C(=O)NC2(C)CCCC2)c1C. The van der Waals surface area contributed by atoms with Gasteiger partial charge in [-0.05, 0) is 56.9 Å². The molecule has 1 fully saturated rings. The molecule has 0 heterocycles. The van der Waals surface area contributed by atoms with Crippen LogP contribution >= 0.6 is 10.7 Å². The van der Waals surface area contributed by atoms with E-state index in [1.165, 1.54) is 12.1 Å². The first-order valence-electron chi connectivity index (χ1n) is 7.01. The Morgan fingerprint density at radius 2 is 1.81 bits per heavy atom. The molecular formula is C15H20ClNO3S. The second-order valence-electron chi connectivity index (χ2n) is 6.07. The molecule has 0 aromatic heterocycles. The zero-order valence-electron chi connectivity index (χ0n) is 12.5. The van der Waals surface area contributed by atoms with Crippen molar-refractivity contribution in [1.29, 1.82) is 0 Å². The number of hydrogen-bond acceptors (Lipinski definition) is 3. The molecule has 0 bridgehead atoms. The predicted molar refractivity (Wildman–Crippen MR) is 83.3 cm³/mol. The van der Waals surface area contributed by atoms with Gasteiger partial charge in [0.1, 0.15) is 0 Å². The molecule has 1 N–H and O–H groups in total. The van der Waals surface area contributed by atoms with Gasteiger partial charge in [-0.15, -0.1) is 0 Å². The molecule has 6 heteroatoms. The molecule has 0 aliphatic heterocycles. The largest absolute Gasteiger partial charge is 0.347 e. The number of carbonyl (C=O) groups excluding carboxylic acids is 1. The highest BCUT2D eigenvalue weighted by molar-refractivity contribution is 8.13. The average Bonchev–Trinajstić information content (AvgIpc) is 2.77. The lowest BCUT2D eigenvalue weighted by atomic mass is 9.98. The minimum absolute atomic E-state index is 0.0333. The smallest absolute Gasteiger partial charge is 0.261 e. The number of aryl methyl sites for hydroxylation is 1. The summed E-state index contributed by atoms with van der Waals surface area (Å²) in [6.07, 6.45) is 4.10. The van der Waals surface area contributed by atoms with E-state index in [0.717, 1.165) is 36.8 Å². The van der Waals surface area contributed by atoms with Crippen molar-refractivity contribution in [3.8, 4) is 0 Å². The summed E-state index contributed by atoms with van der Waals surface area (Å²) >= 11 is 0. The zero-order chi connectivity index (χ0) is 15.8. The molecular weight excluding hydrogens is 310 g/mol. The molecule has 1 amide bonds. The second kappa shape index (κ2) is 5.61. The van der Waals surface area contributed by atoms with Crippen LogP contribution in [0.1, 0.15) is 54.1 Å². The molecule has 4 nitrogen and oxygen atoms in total. The zero-order valence-corrected chi connectivity index (χ0v) is 14.1. The summed E-state index contributed by atoms with van der Waals surface area (Å²) in [5.41, 5.74) is 1.69. The van der Waals surface area contributed by atoms with Crippen LogP contribution in [0, 0.1) is 13.8 Å². The van der Waals surface area contributed by atoms with Crippen molar-refractivity contribution < 1.29 is 13.2 Å². The van der Waals surface area contributed by atoms with Gasteiger partial charge in [0.25, 0.3) is 15.0 Å². The van der Waals surface area contributed by atoms with Gasteiger partial charge in [-0.25, -0.2) is 8.42 Å². The normalized spacial score (nSPS) is 17.7. The van der Waals surface area contributed by atoms with Gasteiger partial charge >= 0.3 is 0 Å². The Labute approximate surface area is 130 Å². The summed E-state index contributed by atoms with van der Waals surface area (Å²) < 4.78 is 23.0. The Morgan fingerprint density at radius 3 is 2.33 bits per heavy atom. The maximum absolute atomic E-state index is 12.5. The van der Waals surface area contributed by atoms with E-state index in [9.17, 15) is 13.2 Å². The Morgan fingerprint density at radius 1 is 1.24 bits per heavy atom. The quantitative estimate of drug-likeness (QED) is 0.865. The number of halogens is 1. The summed E-state index contributed by atoms with van der Waals surface area (Å²) in [4.78, 5) is 12.5. The number of carbonyl (C=O) groups is 1. The summed E-state index contributed by atoms with van der Waals surface area (Å²) in [5, 5.41) is 3.04. The van der Waals surface area contributed by atoms with E-state index < -0.39 is 9.05 Å². The van der Waals surface area contributed by atoms with Gasteiger partial charge in [-0.1, -0.05) is 12.8 Å². The van der Waals surface area contributed by atoms with E-state index in [1.807, 2.05) is 13.8 Å². The van der Waals surface area contributed by atoms with Crippen molar-refractivity contribution in [3.05, 3.63) is 28.8 Å². The summed E-state index contributed by atoms with van der Waals surface area (Å²) in [7, 11) is 1.55. The fourth-order valence-electron chi connectivity index (χ4n) is 2.82. The van der Waals surface area contributed by atoms with E-state index in [1.54, 1.807) is 6.92 Å². The summed E-state index contributed by atoms with van der Waals surface area (Å²) in [6, 6.07) is 2.85. The fourth-order valence-corrected chi connectivity index (χ4v) is 3.67. The van der Waals surface area contributed by atoms with E-state index in [2.05, 4.69) is 5.32 Å². The molecule has 0 saturated heterocycles. The van der Waals surface area contributed by atoms with Crippen molar-refractivity contribution in [2.75, 3.05) is 0 Å². The van der Waals surface area contributed by atoms with Crippen LogP contribution in [-0.2, 0) is 9.05 Å². The Bertz CT molecular complexity index is 676. The third-order valence-corrected chi connectivity index (χ3v) is 5.62. The molecule has 0 atom stereocenters. The van der Waals surface area contributed by atoms with Crippen molar-refractivity contribution >= 4 is 25.6 Å². The lowest BCUT2D eigenvalue weighted by Gasteiger charge is -2.26. The molecule has 0 radical (unpaired) electrons. The third-order valence-electron chi connectivity index (χ3n) is 4.29. The fraction of sp³-hybridized carbons (Fsp3) is 0.533. The van der Waals surface area contributed by atoms with E-state index in [-0.39, 0.29) is 16.3 Å². The third kappa shape index (κ3) is 3.58. The van der Waals surface area contributed by atoms with Gasteiger partial charge in [0.05, 0.1) is 4.90 Å². The van der Waals surface area contributed by atoms with Crippen LogP contribution in [-0.4, -0.2) is 19.9 Å². The molecule has 1 aromatic rings. The highest BCUT2D eigenvalue weighted by Crippen LogP contribution is 2.30. The molecule has 1 aliphatic carbocycles. The maximum atomic E-state index is 12.5. The van der Waals surface area contributed by atoms with Gasteiger partial charge in [0.15, 0.2) is 0 Å². The van der Waals surface area contributed by atoms with Crippen LogP contribution in [0.15, 0.2) is 17.0 Å². The van der Waals surface area contributed by atoms with Crippen LogP contribution in [0.3, 0.4) is 0 Å². The van der Waals surface area contributed by atoms with Crippen LogP contribution in [0.25, 0.3) is 0 Å². The first kappa shape index (κ1) is 16.3. The number of nitrogens with one attached hydrogen (secondary N) is 1. The van der Waals surface area contributed by atoms with Crippen LogP contribution < -0.4 is 5.32 Å². The first-order chi connectivity index (χ1) is 9.62. The van der Waals surface area contributed by atoms with Crippen molar-refractivity contribution in [2.24, 2.45) is 0 Å². The molecule has 21 heavy (non-hydrogen) atoms. The van der Waals surface area contributed by atoms with Gasteiger partial charge in [0, 0.05) is 21.8 Å². The lowest BCUT2D eigenvalue weighted by molar-refractivity contribution is 0.0907. The maximum Gasteiger partial charge on any atom is 0.261 e. The monoisotopic (exact) mass is 329 g/mol. The standard InChI is InChI=1S/C15H20ClNO3S/c1-10-8-12(21(16,19)20)9-13(11(10)2)14(18)17-15(3)6-4-5-7-15/h8-9H,4-7H2,1-3H3,(H,17,18). The van der Waals surface area contributed by atoms with Crippen LogP contribution in [0.5, 0.6) is 0 Å². The Kier molecular flexibility index (Phi) is 4.36. The van der Waals surface area contributed by atoms with Crippen LogP contribution in [0.2, 0.25) is 0 Å². The molecule has 1 aliphatic rings. The van der Waals surface area contributed by atoms with E-state index in [0.29, 0.717) is 5.56 Å². The van der Waals surface area contributed by atoms with E-state index >= 15 is 0 Å². The number of hydrogen-bond donors (Lipinski definition) is 1. The Hall–Kier alpha value is -1.07. The predicted octanol–water partition coefficient (Wildman–Crippen LogP) is 3.29. The average molecular weight is 330 g/mol. The summed E-state index contributed by atoms with van der Waals surface area (Å²) in [6.45, 7) is 5.61. The number of benzene rings is 1. The molecule has 1 aromatic carbocycles. The van der Waals surface area contributed by atoms with Crippen molar-refractivity contribution in [1.82, 2.24) is 5.32 Å². The topological polar surface area (TPSA) is 63.2 Å². The number of rotatable bonds is 3. The van der Waals surface area contributed by atoms with Gasteiger partial charge in [-0.2, -0.15) is 0 Å². The highest BCUT2D eigenvalue weighted by atomic mass is 35.7. The van der Waals surface area contributed by atoms with Gasteiger partial charge < -0.3 is 5.32 Å². The van der Waals surface area contributed by atoms with Gasteiger partial charge in [0.2, 0.25) is 0 Å². The molecule has 1 saturated carbocycles. The molecule has 0 unspecified atom stereocenters. The lowest BCUT2D eigenvalue weighted by Crippen LogP contribution is -2.43. The number of amides is 1. The second-order valence-corrected chi connectivity index (χ2v) is 8.64. The minimum atomic E-state index is -3.85.